The van der Waals surface area contributed by atoms with E-state index >= 15 is 0 Å². The van der Waals surface area contributed by atoms with E-state index in [0.717, 1.165) is 38.8 Å². The van der Waals surface area contributed by atoms with Crippen LogP contribution in [0, 0.1) is 5.92 Å². The summed E-state index contributed by atoms with van der Waals surface area (Å²) >= 11 is 5.88. The van der Waals surface area contributed by atoms with Crippen LogP contribution in [0.5, 0.6) is 0 Å². The van der Waals surface area contributed by atoms with E-state index < -0.39 is 0 Å². The van der Waals surface area contributed by atoms with Gasteiger partial charge in [0, 0.05) is 31.5 Å². The normalized spacial score (nSPS) is 32.6. The molecule has 0 radical (unpaired) electrons. The summed E-state index contributed by atoms with van der Waals surface area (Å²) in [7, 11) is 0. The van der Waals surface area contributed by atoms with Crippen LogP contribution in [0.15, 0.2) is 0 Å². The van der Waals surface area contributed by atoms with Crippen LogP contribution in [0.2, 0.25) is 0 Å². The number of nitrogens with zero attached hydrogens (tertiary/aromatic N) is 1. The van der Waals surface area contributed by atoms with Crippen LogP contribution >= 0.6 is 11.6 Å². The van der Waals surface area contributed by atoms with Crippen molar-refractivity contribution in [3.8, 4) is 0 Å². The minimum Gasteiger partial charge on any atom is -0.378 e. The van der Waals surface area contributed by atoms with Crippen LogP contribution in [-0.4, -0.2) is 42.0 Å². The van der Waals surface area contributed by atoms with Gasteiger partial charge in [-0.3, -0.25) is 4.79 Å². The lowest BCUT2D eigenvalue weighted by Crippen LogP contribution is -2.40. The third kappa shape index (κ3) is 3.14. The third-order valence-electron chi connectivity index (χ3n) is 3.93. The predicted molar refractivity (Wildman–Crippen MR) is 68.2 cm³/mol. The van der Waals surface area contributed by atoms with Crippen molar-refractivity contribution < 1.29 is 9.53 Å². The second-order valence-corrected chi connectivity index (χ2v) is 5.46. The lowest BCUT2D eigenvalue weighted by molar-refractivity contribution is -0.134. The first-order valence-corrected chi connectivity index (χ1v) is 7.25. The Labute approximate surface area is 108 Å². The predicted octanol–water partition coefficient (Wildman–Crippen LogP) is 2.42. The van der Waals surface area contributed by atoms with Gasteiger partial charge in [0.05, 0.1) is 6.10 Å². The maximum atomic E-state index is 12.1. The van der Waals surface area contributed by atoms with Crippen LogP contribution in [0.25, 0.3) is 0 Å². The van der Waals surface area contributed by atoms with Crippen LogP contribution < -0.4 is 0 Å². The molecule has 1 aliphatic carbocycles. The van der Waals surface area contributed by atoms with Crippen molar-refractivity contribution in [3.05, 3.63) is 0 Å². The summed E-state index contributed by atoms with van der Waals surface area (Å²) in [5.41, 5.74) is 0. The Hall–Kier alpha value is -0.280. The Morgan fingerprint density at radius 1 is 1.47 bits per heavy atom. The summed E-state index contributed by atoms with van der Waals surface area (Å²) in [6.07, 6.45) is 5.38. The molecule has 1 amide bonds. The van der Waals surface area contributed by atoms with Gasteiger partial charge in [0.2, 0.25) is 5.91 Å². The molecule has 17 heavy (non-hydrogen) atoms. The van der Waals surface area contributed by atoms with E-state index in [2.05, 4.69) is 0 Å². The zero-order valence-corrected chi connectivity index (χ0v) is 11.3. The molecule has 0 aromatic rings. The van der Waals surface area contributed by atoms with E-state index in [9.17, 15) is 4.79 Å². The van der Waals surface area contributed by atoms with Gasteiger partial charge >= 0.3 is 0 Å². The third-order valence-corrected chi connectivity index (χ3v) is 4.29. The van der Waals surface area contributed by atoms with Gasteiger partial charge in [0.1, 0.15) is 0 Å². The molecule has 1 saturated heterocycles. The van der Waals surface area contributed by atoms with Crippen molar-refractivity contribution >= 4 is 17.5 Å². The highest BCUT2D eigenvalue weighted by molar-refractivity contribution is 6.18. The summed E-state index contributed by atoms with van der Waals surface area (Å²) in [5, 5.41) is 0. The van der Waals surface area contributed by atoms with Gasteiger partial charge in [-0.25, -0.2) is 0 Å². The van der Waals surface area contributed by atoms with E-state index in [1.54, 1.807) is 0 Å². The number of carbonyl (C=O) groups excluding carboxylic acids is 1. The lowest BCUT2D eigenvalue weighted by Gasteiger charge is -2.36. The summed E-state index contributed by atoms with van der Waals surface area (Å²) in [4.78, 5) is 14.1. The molecule has 4 heteroatoms. The maximum Gasteiger partial charge on any atom is 0.223 e. The fraction of sp³-hybridized carbons (Fsp3) is 0.923. The smallest absolute Gasteiger partial charge is 0.223 e. The summed E-state index contributed by atoms with van der Waals surface area (Å²) in [6, 6.07) is 0.284. The first-order chi connectivity index (χ1) is 8.24. The van der Waals surface area contributed by atoms with Crippen LogP contribution in [0.1, 0.15) is 39.0 Å². The number of hydrogen-bond donors (Lipinski definition) is 0. The number of amides is 1. The Kier molecular flexibility index (Phi) is 4.69. The topological polar surface area (TPSA) is 29.5 Å². The van der Waals surface area contributed by atoms with E-state index in [4.69, 9.17) is 16.3 Å². The molecule has 2 rings (SSSR count). The van der Waals surface area contributed by atoms with Crippen molar-refractivity contribution in [1.82, 2.24) is 4.90 Å². The molecule has 2 fully saturated rings. The molecule has 0 spiro atoms. The van der Waals surface area contributed by atoms with E-state index in [0.29, 0.717) is 30.2 Å². The highest BCUT2D eigenvalue weighted by atomic mass is 35.5. The highest BCUT2D eigenvalue weighted by Crippen LogP contribution is 2.34. The molecule has 0 bridgehead atoms. The summed E-state index contributed by atoms with van der Waals surface area (Å²) < 4.78 is 5.51. The summed E-state index contributed by atoms with van der Waals surface area (Å²) in [5.74, 6) is 1.42. The Balaban J connectivity index is 1.71. The average molecular weight is 260 g/mol. The zero-order chi connectivity index (χ0) is 12.3. The minimum absolute atomic E-state index is 0.284. The molecule has 1 unspecified atom stereocenters. The number of ether oxygens (including phenoxy) is 1. The van der Waals surface area contributed by atoms with Gasteiger partial charge in [0.25, 0.3) is 0 Å². The molecular formula is C13H22ClNO2. The molecule has 0 N–H and O–H groups in total. The number of likely N-dealkylation sites (tertiary alicyclic amines) is 1. The van der Waals surface area contributed by atoms with Crippen LogP contribution in [0.3, 0.4) is 0 Å². The molecule has 1 heterocycles. The minimum atomic E-state index is 0.284. The Morgan fingerprint density at radius 2 is 2.24 bits per heavy atom. The van der Waals surface area contributed by atoms with Crippen molar-refractivity contribution in [2.24, 2.45) is 5.92 Å². The average Bonchev–Trinajstić information content (AvgIpc) is 2.74. The fourth-order valence-corrected chi connectivity index (χ4v) is 3.22. The van der Waals surface area contributed by atoms with Crippen molar-refractivity contribution in [2.75, 3.05) is 19.0 Å². The van der Waals surface area contributed by atoms with Gasteiger partial charge in [0.15, 0.2) is 0 Å². The molecule has 3 nitrogen and oxygen atoms in total. The van der Waals surface area contributed by atoms with Gasteiger partial charge < -0.3 is 9.64 Å². The fourth-order valence-electron chi connectivity index (χ4n) is 2.90. The van der Waals surface area contributed by atoms with Crippen LogP contribution in [-0.2, 0) is 9.53 Å². The van der Waals surface area contributed by atoms with Gasteiger partial charge in [-0.05, 0) is 38.5 Å². The van der Waals surface area contributed by atoms with E-state index in [1.807, 2.05) is 11.8 Å². The molecular weight excluding hydrogens is 238 g/mol. The standard InChI is InChI=1S/C13H22ClNO2/c1-2-17-12-6-10(7-12)8-13(16)15-5-3-4-11(15)9-14/h10-12H,2-9H2,1H3. The highest BCUT2D eigenvalue weighted by Gasteiger charge is 2.34. The molecule has 98 valence electrons. The van der Waals surface area contributed by atoms with Crippen molar-refractivity contribution in [3.63, 3.8) is 0 Å². The van der Waals surface area contributed by atoms with Gasteiger partial charge in [-0.1, -0.05) is 0 Å². The molecule has 1 saturated carbocycles. The molecule has 0 aromatic heterocycles. The Morgan fingerprint density at radius 3 is 2.88 bits per heavy atom. The van der Waals surface area contributed by atoms with E-state index in [1.165, 1.54) is 0 Å². The zero-order valence-electron chi connectivity index (χ0n) is 10.5. The number of rotatable bonds is 5. The quantitative estimate of drug-likeness (QED) is 0.710. The first-order valence-electron chi connectivity index (χ1n) is 6.71. The molecule has 2 aliphatic rings. The number of alkyl halides is 1. The number of carbonyl (C=O) groups is 1. The first kappa shape index (κ1) is 13.2. The largest absolute Gasteiger partial charge is 0.378 e. The van der Waals surface area contributed by atoms with Gasteiger partial charge in [-0.15, -0.1) is 11.6 Å². The SMILES string of the molecule is CCOC1CC(CC(=O)N2CCCC2CCl)C1. The Bertz CT molecular complexity index is 266. The second kappa shape index (κ2) is 6.05. The second-order valence-electron chi connectivity index (χ2n) is 5.16. The van der Waals surface area contributed by atoms with Crippen molar-refractivity contribution in [2.45, 2.75) is 51.2 Å². The number of hydrogen-bond acceptors (Lipinski definition) is 2. The lowest BCUT2D eigenvalue weighted by atomic mass is 9.79. The van der Waals surface area contributed by atoms with Crippen molar-refractivity contribution in [1.29, 1.82) is 0 Å². The maximum absolute atomic E-state index is 12.1. The monoisotopic (exact) mass is 259 g/mol. The summed E-state index contributed by atoms with van der Waals surface area (Å²) in [6.45, 7) is 3.71. The molecule has 0 aromatic carbocycles. The molecule has 1 atom stereocenters. The number of halogens is 1. The van der Waals surface area contributed by atoms with Crippen LogP contribution in [0.4, 0.5) is 0 Å². The van der Waals surface area contributed by atoms with E-state index in [-0.39, 0.29) is 6.04 Å². The molecule has 1 aliphatic heterocycles. The van der Waals surface area contributed by atoms with Gasteiger partial charge in [-0.2, -0.15) is 0 Å².